The second-order valence-electron chi connectivity index (χ2n) is 10.4. The van der Waals surface area contributed by atoms with Gasteiger partial charge >= 0.3 is 0 Å². The predicted molar refractivity (Wildman–Crippen MR) is 158 cm³/mol. The molecular formula is C29H35FN8O2S. The number of nitrogens with zero attached hydrogens (tertiary/aromatic N) is 8. The van der Waals surface area contributed by atoms with Gasteiger partial charge in [0, 0.05) is 45.8 Å². The Kier molecular flexibility index (Phi) is 7.62. The van der Waals surface area contributed by atoms with E-state index in [4.69, 9.17) is 10.1 Å². The predicted octanol–water partition coefficient (Wildman–Crippen LogP) is 3.98. The highest BCUT2D eigenvalue weighted by Gasteiger charge is 2.31. The molecule has 0 bridgehead atoms. The third-order valence-electron chi connectivity index (χ3n) is 8.05. The fourth-order valence-corrected chi connectivity index (χ4v) is 7.50. The minimum Gasteiger partial charge on any atom is -0.354 e. The van der Waals surface area contributed by atoms with Gasteiger partial charge in [-0.3, -0.25) is 0 Å². The Morgan fingerprint density at radius 2 is 1.73 bits per heavy atom. The van der Waals surface area contributed by atoms with Crippen LogP contribution in [0.15, 0.2) is 60.8 Å². The van der Waals surface area contributed by atoms with Gasteiger partial charge in [-0.15, -0.1) is 5.10 Å². The zero-order chi connectivity index (χ0) is 28.6. The lowest BCUT2D eigenvalue weighted by Crippen LogP contribution is -2.53. The molecular weight excluding hydrogens is 543 g/mol. The zero-order valence-electron chi connectivity index (χ0n) is 23.4. The van der Waals surface area contributed by atoms with Gasteiger partial charge in [-0.25, -0.2) is 18.9 Å². The van der Waals surface area contributed by atoms with Crippen LogP contribution in [0.3, 0.4) is 0 Å². The number of piperazine rings is 1. The van der Waals surface area contributed by atoms with Gasteiger partial charge in [0.25, 0.3) is 10.2 Å². The van der Waals surface area contributed by atoms with Crippen molar-refractivity contribution in [1.29, 1.82) is 0 Å². The molecule has 3 aromatic heterocycles. The molecule has 0 unspecified atom stereocenters. The average Bonchev–Trinajstić information content (AvgIpc) is 3.65. The van der Waals surface area contributed by atoms with Crippen LogP contribution in [-0.4, -0.2) is 82.4 Å². The summed E-state index contributed by atoms with van der Waals surface area (Å²) < 4.78 is 44.7. The normalized spacial score (nSPS) is 18.6. The van der Waals surface area contributed by atoms with Gasteiger partial charge in [0.15, 0.2) is 5.65 Å². The minimum absolute atomic E-state index is 0.0632. The van der Waals surface area contributed by atoms with E-state index in [0.29, 0.717) is 44.9 Å². The molecule has 12 heteroatoms. The van der Waals surface area contributed by atoms with E-state index in [2.05, 4.69) is 14.8 Å². The molecule has 0 spiro atoms. The summed E-state index contributed by atoms with van der Waals surface area (Å²) in [4.78, 5) is 13.8. The molecule has 1 atom stereocenters. The summed E-state index contributed by atoms with van der Waals surface area (Å²) in [6, 6.07) is 16.6. The maximum Gasteiger partial charge on any atom is 0.282 e. The van der Waals surface area contributed by atoms with E-state index < -0.39 is 10.2 Å². The Hall–Kier alpha value is -3.61. The van der Waals surface area contributed by atoms with Crippen LogP contribution in [0.2, 0.25) is 0 Å². The Balaban J connectivity index is 1.24. The second kappa shape index (κ2) is 11.3. The molecule has 6 rings (SSSR count). The first-order valence-corrected chi connectivity index (χ1v) is 15.6. The number of rotatable bonds is 8. The number of aromatic nitrogens is 4. The van der Waals surface area contributed by atoms with Crippen LogP contribution < -0.4 is 9.80 Å². The highest BCUT2D eigenvalue weighted by molar-refractivity contribution is 7.86. The molecule has 0 N–H and O–H groups in total. The summed E-state index contributed by atoms with van der Waals surface area (Å²) in [5.41, 5.74) is 3.18. The number of imidazole rings is 1. The van der Waals surface area contributed by atoms with Gasteiger partial charge < -0.3 is 9.80 Å². The molecule has 0 aliphatic carbocycles. The van der Waals surface area contributed by atoms with Crippen molar-refractivity contribution in [2.75, 3.05) is 55.6 Å². The van der Waals surface area contributed by atoms with Gasteiger partial charge in [0.05, 0.1) is 17.9 Å². The minimum atomic E-state index is -3.46. The standard InChI is InChI=1S/C29H35FN8O2S/c1-3-35(4-2)41(39,40)36-18-16-34(17-19-36)28-12-6-10-24(32-28)26-21-31-27-13-14-29(33-38(26)27)37-15-7-11-25(37)22-8-5-9-23(30)20-22/h5-6,8-10,12-14,20-21,25H,3-4,7,11,15-19H2,1-2H3/t25-/m1/s1. The number of hydrogen-bond donors (Lipinski definition) is 0. The fraction of sp³-hybridized carbons (Fsp3) is 0.414. The van der Waals surface area contributed by atoms with Crippen molar-refractivity contribution in [2.45, 2.75) is 32.7 Å². The van der Waals surface area contributed by atoms with Crippen LogP contribution in [-0.2, 0) is 10.2 Å². The number of halogens is 1. The summed E-state index contributed by atoms with van der Waals surface area (Å²) in [5, 5.41) is 4.96. The molecule has 1 aromatic carbocycles. The summed E-state index contributed by atoms with van der Waals surface area (Å²) in [5.74, 6) is 1.37. The van der Waals surface area contributed by atoms with Crippen LogP contribution in [0.4, 0.5) is 16.0 Å². The first-order valence-electron chi connectivity index (χ1n) is 14.2. The molecule has 4 aromatic rings. The van der Waals surface area contributed by atoms with Crippen LogP contribution >= 0.6 is 0 Å². The number of anilines is 2. The quantitative estimate of drug-likeness (QED) is 0.313. The zero-order valence-corrected chi connectivity index (χ0v) is 24.2. The maximum atomic E-state index is 14.0. The number of fused-ring (bicyclic) bond motifs is 1. The smallest absolute Gasteiger partial charge is 0.282 e. The van der Waals surface area contributed by atoms with Gasteiger partial charge in [-0.05, 0) is 54.8 Å². The van der Waals surface area contributed by atoms with E-state index in [0.717, 1.165) is 48.0 Å². The summed E-state index contributed by atoms with van der Waals surface area (Å²) in [6.45, 7) is 7.42. The van der Waals surface area contributed by atoms with E-state index in [9.17, 15) is 12.8 Å². The molecule has 0 saturated carbocycles. The average molecular weight is 579 g/mol. The molecule has 10 nitrogen and oxygen atoms in total. The summed E-state index contributed by atoms with van der Waals surface area (Å²) in [7, 11) is -3.46. The molecule has 0 radical (unpaired) electrons. The van der Waals surface area contributed by atoms with Gasteiger partial charge in [-0.2, -0.15) is 17.0 Å². The molecule has 2 fully saturated rings. The van der Waals surface area contributed by atoms with Crippen molar-refractivity contribution < 1.29 is 12.8 Å². The number of pyridine rings is 1. The third kappa shape index (κ3) is 5.27. The third-order valence-corrected chi connectivity index (χ3v) is 10.2. The highest BCUT2D eigenvalue weighted by atomic mass is 32.2. The first kappa shape index (κ1) is 27.6. The Morgan fingerprint density at radius 1 is 0.951 bits per heavy atom. The Labute approximate surface area is 240 Å². The lowest BCUT2D eigenvalue weighted by Gasteiger charge is -2.36. The van der Waals surface area contributed by atoms with Crippen LogP contribution in [0.1, 0.15) is 38.3 Å². The Morgan fingerprint density at radius 3 is 2.49 bits per heavy atom. The number of benzene rings is 1. The highest BCUT2D eigenvalue weighted by Crippen LogP contribution is 2.36. The van der Waals surface area contributed by atoms with Crippen molar-refractivity contribution in [1.82, 2.24) is 28.2 Å². The SMILES string of the molecule is CCN(CC)S(=O)(=O)N1CCN(c2cccc(-c3cnc4ccc(N5CCC[C@@H]5c5cccc(F)c5)nn34)n2)CC1. The van der Waals surface area contributed by atoms with E-state index >= 15 is 0 Å². The molecule has 2 aliphatic rings. The molecule has 2 saturated heterocycles. The van der Waals surface area contributed by atoms with Gasteiger partial charge in [-0.1, -0.05) is 32.0 Å². The van der Waals surface area contributed by atoms with E-state index in [1.165, 1.54) is 10.4 Å². The molecule has 5 heterocycles. The van der Waals surface area contributed by atoms with Crippen molar-refractivity contribution in [2.24, 2.45) is 0 Å². The maximum absolute atomic E-state index is 14.0. The largest absolute Gasteiger partial charge is 0.354 e. The topological polar surface area (TPSA) is 90.2 Å². The molecule has 2 aliphatic heterocycles. The monoisotopic (exact) mass is 578 g/mol. The first-order chi connectivity index (χ1) is 19.9. The van der Waals surface area contributed by atoms with E-state index in [1.54, 1.807) is 22.6 Å². The van der Waals surface area contributed by atoms with Crippen molar-refractivity contribution in [3.63, 3.8) is 0 Å². The molecule has 41 heavy (non-hydrogen) atoms. The van der Waals surface area contributed by atoms with Crippen LogP contribution in [0, 0.1) is 5.82 Å². The van der Waals surface area contributed by atoms with E-state index in [1.807, 2.05) is 54.8 Å². The summed E-state index contributed by atoms with van der Waals surface area (Å²) >= 11 is 0. The van der Waals surface area contributed by atoms with Crippen molar-refractivity contribution >= 4 is 27.5 Å². The second-order valence-corrected chi connectivity index (χ2v) is 12.3. The van der Waals surface area contributed by atoms with Gasteiger partial charge in [0.2, 0.25) is 0 Å². The number of hydrogen-bond acceptors (Lipinski definition) is 7. The van der Waals surface area contributed by atoms with Crippen LogP contribution in [0.5, 0.6) is 0 Å². The van der Waals surface area contributed by atoms with E-state index in [-0.39, 0.29) is 11.9 Å². The lowest BCUT2D eigenvalue weighted by atomic mass is 10.0. The van der Waals surface area contributed by atoms with Crippen LogP contribution in [0.25, 0.3) is 17.0 Å². The van der Waals surface area contributed by atoms with Gasteiger partial charge in [0.1, 0.15) is 23.1 Å². The Bertz CT molecular complexity index is 1630. The van der Waals surface area contributed by atoms with Crippen molar-refractivity contribution in [3.05, 3.63) is 72.2 Å². The lowest BCUT2D eigenvalue weighted by molar-refractivity contribution is 0.333. The fourth-order valence-electron chi connectivity index (χ4n) is 5.90. The van der Waals surface area contributed by atoms with Crippen molar-refractivity contribution in [3.8, 4) is 11.4 Å². The molecule has 0 amide bonds. The summed E-state index contributed by atoms with van der Waals surface area (Å²) in [6.07, 6.45) is 3.72. The molecule has 216 valence electrons.